The van der Waals surface area contributed by atoms with Gasteiger partial charge in [-0.25, -0.2) is 19.7 Å². The normalized spacial score (nSPS) is 17.0. The van der Waals surface area contributed by atoms with Gasteiger partial charge in [-0.3, -0.25) is 48.2 Å². The molecule has 0 bridgehead atoms. The molecule has 5 aromatic carbocycles. The summed E-state index contributed by atoms with van der Waals surface area (Å²) in [5, 5.41) is 24.2. The van der Waals surface area contributed by atoms with Crippen LogP contribution in [0, 0.1) is 11.8 Å². The summed E-state index contributed by atoms with van der Waals surface area (Å²) >= 11 is 2.47. The molecule has 1 aliphatic carbocycles. The molecule has 5 aliphatic rings. The van der Waals surface area contributed by atoms with Crippen molar-refractivity contribution in [3.05, 3.63) is 183 Å². The number of pyridine rings is 1. The van der Waals surface area contributed by atoms with Crippen molar-refractivity contribution in [2.45, 2.75) is 104 Å². The van der Waals surface area contributed by atoms with Crippen LogP contribution in [0.3, 0.4) is 0 Å². The Morgan fingerprint density at radius 1 is 0.759 bits per heavy atom. The van der Waals surface area contributed by atoms with E-state index in [9.17, 15) is 48.3 Å². The topological polar surface area (TPSA) is 348 Å². The Hall–Kier alpha value is -10.8. The van der Waals surface area contributed by atoms with Crippen LogP contribution in [0.15, 0.2) is 170 Å². The van der Waals surface area contributed by atoms with Crippen LogP contribution < -0.4 is 47.1 Å². The Kier molecular flexibility index (Phi) is 25.6. The minimum absolute atomic E-state index is 0.00506. The number of methoxy groups -OCH3 is 1. The lowest BCUT2D eigenvalue weighted by Gasteiger charge is -2.45. The van der Waals surface area contributed by atoms with Crippen molar-refractivity contribution in [2.75, 3.05) is 109 Å². The van der Waals surface area contributed by atoms with Crippen molar-refractivity contribution in [2.24, 2.45) is 12.8 Å². The highest BCUT2D eigenvalue weighted by Gasteiger charge is 2.45. The van der Waals surface area contributed by atoms with E-state index in [0.29, 0.717) is 56.6 Å². The van der Waals surface area contributed by atoms with Crippen molar-refractivity contribution in [1.29, 1.82) is 0 Å². The van der Waals surface area contributed by atoms with Gasteiger partial charge in [-0.2, -0.15) is 0 Å². The second kappa shape index (κ2) is 36.2. The molecule has 2 atom stereocenters. The van der Waals surface area contributed by atoms with Gasteiger partial charge in [0.1, 0.15) is 24.0 Å². The summed E-state index contributed by atoms with van der Waals surface area (Å²) in [6, 6.07) is 39.7. The molecule has 13 rings (SSSR count). The zero-order valence-corrected chi connectivity index (χ0v) is 64.2. The molecule has 30 heteroatoms. The summed E-state index contributed by atoms with van der Waals surface area (Å²) in [5.41, 5.74) is 9.19. The Morgan fingerprint density at radius 2 is 1.44 bits per heavy atom. The van der Waals surface area contributed by atoms with Crippen LogP contribution in [0.5, 0.6) is 5.75 Å². The zero-order chi connectivity index (χ0) is 78.5. The minimum atomic E-state index is -1.53. The predicted octanol–water partition coefficient (Wildman–Crippen LogP) is 6.66. The van der Waals surface area contributed by atoms with Crippen LogP contribution >= 0.6 is 23.5 Å². The van der Waals surface area contributed by atoms with Crippen molar-refractivity contribution in [1.82, 2.24) is 55.5 Å². The molecule has 112 heavy (non-hydrogen) atoms. The number of ether oxygens (including phenoxy) is 4. The van der Waals surface area contributed by atoms with Crippen LogP contribution in [0.4, 0.5) is 16.4 Å². The summed E-state index contributed by atoms with van der Waals surface area (Å²) in [4.78, 5) is 143. The second-order valence-electron chi connectivity index (χ2n) is 28.4. The van der Waals surface area contributed by atoms with Gasteiger partial charge in [0.25, 0.3) is 17.4 Å². The number of amides is 9. The molecule has 1 saturated carbocycles. The highest BCUT2D eigenvalue weighted by atomic mass is 32.2. The number of rotatable bonds is 33. The number of aliphatic hydroxyl groups is 1. The number of nitrogens with zero attached hydrogens (tertiary/aromatic N) is 8. The van der Waals surface area contributed by atoms with Crippen molar-refractivity contribution >= 4 is 104 Å². The van der Waals surface area contributed by atoms with Gasteiger partial charge in [0.05, 0.1) is 99.0 Å². The maximum atomic E-state index is 14.2. The van der Waals surface area contributed by atoms with E-state index in [1.54, 1.807) is 36.0 Å². The van der Waals surface area contributed by atoms with Crippen LogP contribution in [-0.4, -0.2) is 210 Å². The fraction of sp³-hybridized carbons (Fsp3) is 0.378. The quantitative estimate of drug-likeness (QED) is 0.0128. The Morgan fingerprint density at radius 3 is 2.10 bits per heavy atom. The zero-order valence-electron chi connectivity index (χ0n) is 62.6. The third kappa shape index (κ3) is 18.7. The van der Waals surface area contributed by atoms with Gasteiger partial charge < -0.3 is 70.4 Å². The van der Waals surface area contributed by atoms with Gasteiger partial charge in [-0.15, -0.1) is 0 Å². The summed E-state index contributed by atoms with van der Waals surface area (Å²) in [7, 11) is 3.20. The molecule has 3 saturated heterocycles. The number of H-pyrrole nitrogens is 1. The number of carbonyl (C=O) groups is 8. The average Bonchev–Trinajstić information content (AvgIpc) is 1.13. The number of carbonyl (C=O) groups excluding carboxylic acids is 8. The number of aromatic nitrogens is 4. The molecule has 0 unspecified atom stereocenters. The number of urea groups is 1. The van der Waals surface area contributed by atoms with E-state index in [-0.39, 0.29) is 76.2 Å². The Balaban J connectivity index is 0.548. The lowest BCUT2D eigenvalue weighted by Crippen LogP contribution is -2.58. The maximum Gasteiger partial charge on any atom is 0.332 e. The number of aliphatic hydroxyl groups excluding tert-OH is 1. The molecule has 4 aliphatic heterocycles. The van der Waals surface area contributed by atoms with Crippen LogP contribution in [0.25, 0.3) is 32.9 Å². The summed E-state index contributed by atoms with van der Waals surface area (Å²) < 4.78 is 25.4. The SMILES string of the molecule is COc1ccc(C#CCNC2(C)CCN(C3CCN(c4nc([C@@](CO)(OC5CC5)c5ccccc5)c5cc(-c6cn(C)c(=O)c7[nH]ccc67)ccc5n4)CC3)CC2)cc1N1CCC(=O)N(CNC(=O)[C@H](CC(N)=O)NC(=O)CNC(=O)CCOCCOCCN2C(=O)C(Sc3ccccc3)=C(Sc3ccccc3)C2=O)C1=O. The number of aromatic amines is 1. The number of nitrogens with two attached hydrogens (primary N) is 1. The van der Waals surface area contributed by atoms with Gasteiger partial charge >= 0.3 is 6.03 Å². The number of imide groups is 2. The molecule has 584 valence electrons. The van der Waals surface area contributed by atoms with E-state index in [0.717, 1.165) is 112 Å². The van der Waals surface area contributed by atoms with Crippen molar-refractivity contribution < 1.29 is 62.4 Å². The third-order valence-electron chi connectivity index (χ3n) is 20.6. The van der Waals surface area contributed by atoms with Crippen molar-refractivity contribution in [3.8, 4) is 28.7 Å². The third-order valence-corrected chi connectivity index (χ3v) is 23.0. The monoisotopic (exact) mass is 1560 g/mol. The van der Waals surface area contributed by atoms with Gasteiger partial charge in [-0.1, -0.05) is 108 Å². The largest absolute Gasteiger partial charge is 0.495 e. The number of benzene rings is 5. The molecule has 0 radical (unpaired) electrons. The van der Waals surface area contributed by atoms with Crippen LogP contribution in [-0.2, 0) is 60.4 Å². The van der Waals surface area contributed by atoms with Gasteiger partial charge in [0.15, 0.2) is 5.60 Å². The Bertz CT molecular complexity index is 4920. The molecular weight excluding hydrogens is 1470 g/mol. The van der Waals surface area contributed by atoms with E-state index in [1.807, 2.05) is 115 Å². The molecule has 9 amide bonds. The first-order valence-electron chi connectivity index (χ1n) is 37.5. The smallest absolute Gasteiger partial charge is 0.332 e. The first kappa shape index (κ1) is 79.3. The highest BCUT2D eigenvalue weighted by Crippen LogP contribution is 2.45. The fourth-order valence-electron chi connectivity index (χ4n) is 14.3. The van der Waals surface area contributed by atoms with Gasteiger partial charge in [0.2, 0.25) is 35.5 Å². The molecule has 4 fully saturated rings. The molecule has 0 spiro atoms. The predicted molar refractivity (Wildman–Crippen MR) is 423 cm³/mol. The lowest BCUT2D eigenvalue weighted by molar-refractivity contribution is -0.138. The van der Waals surface area contributed by atoms with Crippen LogP contribution in [0.1, 0.15) is 81.5 Å². The molecule has 28 nitrogen and oxygen atoms in total. The maximum absolute atomic E-state index is 14.2. The first-order valence-corrected chi connectivity index (χ1v) is 39.1. The molecule has 3 aromatic heterocycles. The number of primary amides is 1. The lowest BCUT2D eigenvalue weighted by atomic mass is 9.87. The van der Waals surface area contributed by atoms with E-state index >= 15 is 0 Å². The van der Waals surface area contributed by atoms with Gasteiger partial charge in [0, 0.05) is 108 Å². The summed E-state index contributed by atoms with van der Waals surface area (Å²) in [5.74, 6) is 2.74. The number of anilines is 2. The van der Waals surface area contributed by atoms with Crippen molar-refractivity contribution in [3.63, 3.8) is 0 Å². The molecule has 8 aromatic rings. The summed E-state index contributed by atoms with van der Waals surface area (Å²) in [6.07, 6.45) is 8.07. The average molecular weight is 1560 g/mol. The minimum Gasteiger partial charge on any atom is -0.495 e. The number of hydrogen-bond acceptors (Lipinski definition) is 21. The number of aryl methyl sites for hydroxylation is 1. The molecule has 7 heterocycles. The van der Waals surface area contributed by atoms with Gasteiger partial charge in [-0.05, 0) is 117 Å². The van der Waals surface area contributed by atoms with E-state index < -0.39 is 78.7 Å². The van der Waals surface area contributed by atoms with E-state index in [4.69, 9.17) is 34.6 Å². The first-order chi connectivity index (χ1) is 54.3. The second-order valence-corrected chi connectivity index (χ2v) is 30.5. The van der Waals surface area contributed by atoms with Crippen LogP contribution in [0.2, 0.25) is 0 Å². The number of fused-ring (bicyclic) bond motifs is 2. The number of nitrogens with one attached hydrogen (secondary N) is 5. The summed E-state index contributed by atoms with van der Waals surface area (Å²) in [6.45, 7) is 4.52. The highest BCUT2D eigenvalue weighted by molar-refractivity contribution is 8.08. The van der Waals surface area contributed by atoms with E-state index in [1.165, 1.54) is 40.4 Å². The number of hydrogen-bond donors (Lipinski definition) is 7. The molecule has 8 N–H and O–H groups in total. The Labute approximate surface area is 655 Å². The number of thioether (sulfide) groups is 2. The molecular formula is C82H90N14O14S2. The van der Waals surface area contributed by atoms with E-state index in [2.05, 4.69) is 60.9 Å². The fourth-order valence-corrected chi connectivity index (χ4v) is 16.4. The number of likely N-dealkylation sites (tertiary alicyclic amines) is 1. The number of piperidine rings is 2. The standard InChI is InChI=1S/C82H90N14O14S2/c1-81(32-39-92(40-33-81)56-28-36-93(37-29-56)79-89-63-25-22-54(62-50-91(2)76(103)71-60(62)27-35-84-71)47-61(63)74(90-79)82(51-97,110-57-23-24-57)55-15-7-4-8-16-55)87-34-13-14-53-21-26-66(107-3)65(46-53)94-38-30-70(101)96(80(94)106)52-86-75(102)64(48-67(83)98)88-69(100)49-85-68(99)31-42-108-44-45-109-43-41-95-77(104)72(111-58-17-9-5-10-18-58)73(78(95)105)112-59-19-11-6-12-20-59/h4-12,15-22,25-27,35,46-47,50,56-57,64,84,87,97H,23-24,28-34,36-45,48-49,51-52H2,1-3H3,(H2,83,98)(H,85,99)(H,86,102)(H,88,100)/t64-,82-/m0/s1.